The van der Waals surface area contributed by atoms with Crippen molar-refractivity contribution >= 4 is 16.0 Å². The van der Waals surface area contributed by atoms with Crippen molar-refractivity contribution < 1.29 is 31.6 Å². The molecule has 0 saturated heterocycles. The van der Waals surface area contributed by atoms with Gasteiger partial charge in [0.25, 0.3) is 10.1 Å². The van der Waals surface area contributed by atoms with Crippen molar-refractivity contribution in [1.82, 2.24) is 5.32 Å². The zero-order chi connectivity index (χ0) is 24.1. The van der Waals surface area contributed by atoms with E-state index in [1.807, 2.05) is 20.8 Å². The summed E-state index contributed by atoms with van der Waals surface area (Å²) in [5.41, 5.74) is -0.296. The van der Waals surface area contributed by atoms with Crippen molar-refractivity contribution in [3.05, 3.63) is 0 Å². The predicted molar refractivity (Wildman–Crippen MR) is 127 cm³/mol. The van der Waals surface area contributed by atoms with Crippen molar-refractivity contribution in [2.24, 2.45) is 5.41 Å². The van der Waals surface area contributed by atoms with Crippen LogP contribution in [0, 0.1) is 5.41 Å². The molecule has 0 aromatic heterocycles. The largest absolute Gasteiger partial charge is 0.379 e. The Morgan fingerprint density at radius 2 is 1.06 bits per heavy atom. The second-order valence-corrected chi connectivity index (χ2v) is 10.7. The van der Waals surface area contributed by atoms with Crippen molar-refractivity contribution in [1.29, 1.82) is 0 Å². The first-order valence-corrected chi connectivity index (χ1v) is 13.8. The summed E-state index contributed by atoms with van der Waals surface area (Å²) < 4.78 is 42.2. The van der Waals surface area contributed by atoms with E-state index in [1.54, 1.807) is 0 Å². The lowest BCUT2D eigenvalue weighted by atomic mass is 9.96. The highest BCUT2D eigenvalue weighted by molar-refractivity contribution is 7.85. The lowest BCUT2D eigenvalue weighted by molar-refractivity contribution is -0.128. The van der Waals surface area contributed by atoms with Gasteiger partial charge in [0, 0.05) is 18.6 Å². The summed E-state index contributed by atoms with van der Waals surface area (Å²) in [6, 6.07) is 0. The third-order valence-electron chi connectivity index (χ3n) is 4.70. The Balaban J connectivity index is 3.14. The van der Waals surface area contributed by atoms with E-state index in [0.717, 1.165) is 32.2 Å². The molecule has 1 amide bonds. The molecular weight excluding hydrogens is 434 g/mol. The van der Waals surface area contributed by atoms with Gasteiger partial charge < -0.3 is 19.5 Å². The number of nitrogens with one attached hydrogen (secondary N) is 1. The minimum absolute atomic E-state index is 0.0285. The molecule has 0 spiro atoms. The first-order chi connectivity index (χ1) is 15.1. The molecule has 0 aromatic carbocycles. The molecule has 0 rings (SSSR count). The minimum atomic E-state index is -3.39. The van der Waals surface area contributed by atoms with Crippen molar-refractivity contribution in [3.63, 3.8) is 0 Å². The van der Waals surface area contributed by atoms with Crippen molar-refractivity contribution in [2.75, 3.05) is 59.0 Å². The number of unbranched alkanes of at least 4 members (excludes halogenated alkanes) is 8. The highest BCUT2D eigenvalue weighted by Crippen LogP contribution is 2.13. The molecule has 0 aliphatic heterocycles. The summed E-state index contributed by atoms with van der Waals surface area (Å²) in [5, 5.41) is 3.00. The quantitative estimate of drug-likeness (QED) is 0.186. The molecular formula is C23H47NO7S. The molecule has 9 heteroatoms. The van der Waals surface area contributed by atoms with E-state index in [2.05, 4.69) is 9.50 Å². The van der Waals surface area contributed by atoms with E-state index < -0.39 is 10.1 Å². The van der Waals surface area contributed by atoms with Crippen LogP contribution in [-0.4, -0.2) is 73.4 Å². The molecule has 8 nitrogen and oxygen atoms in total. The standard InChI is InChI=1S/C23H47NO7S/c1-23(2,3)22(25)24-14-12-10-8-6-5-7-9-11-13-15-28-16-17-29-18-19-30-20-21-31-32(4,26)27/h5-21H2,1-4H3,(H,24,25). The van der Waals surface area contributed by atoms with Crippen LogP contribution in [0.4, 0.5) is 0 Å². The van der Waals surface area contributed by atoms with Crippen LogP contribution in [0.2, 0.25) is 0 Å². The van der Waals surface area contributed by atoms with Gasteiger partial charge in [0.1, 0.15) is 0 Å². The summed E-state index contributed by atoms with van der Waals surface area (Å²) in [5.74, 6) is 0.135. The van der Waals surface area contributed by atoms with Crippen LogP contribution in [0.25, 0.3) is 0 Å². The summed E-state index contributed by atoms with van der Waals surface area (Å²) in [7, 11) is -3.39. The van der Waals surface area contributed by atoms with Crippen LogP contribution >= 0.6 is 0 Å². The van der Waals surface area contributed by atoms with Crippen LogP contribution in [0.1, 0.15) is 78.6 Å². The molecule has 0 aliphatic carbocycles. The zero-order valence-electron chi connectivity index (χ0n) is 20.8. The van der Waals surface area contributed by atoms with Crippen LogP contribution in [0.3, 0.4) is 0 Å². The Hall–Kier alpha value is -0.740. The van der Waals surface area contributed by atoms with E-state index in [1.165, 1.54) is 44.9 Å². The summed E-state index contributed by atoms with van der Waals surface area (Å²) >= 11 is 0. The fourth-order valence-corrected chi connectivity index (χ4v) is 3.19. The van der Waals surface area contributed by atoms with Gasteiger partial charge in [-0.1, -0.05) is 65.7 Å². The fraction of sp³-hybridized carbons (Fsp3) is 0.957. The lowest BCUT2D eigenvalue weighted by Gasteiger charge is -2.17. The van der Waals surface area contributed by atoms with E-state index in [4.69, 9.17) is 14.2 Å². The van der Waals surface area contributed by atoms with Crippen LogP contribution in [-0.2, 0) is 33.3 Å². The fourth-order valence-electron chi connectivity index (χ4n) is 2.82. The van der Waals surface area contributed by atoms with Gasteiger partial charge in [-0.25, -0.2) is 0 Å². The second-order valence-electron chi connectivity index (χ2n) is 9.05. The summed E-state index contributed by atoms with van der Waals surface area (Å²) in [4.78, 5) is 11.7. The highest BCUT2D eigenvalue weighted by atomic mass is 32.2. The molecule has 32 heavy (non-hydrogen) atoms. The Morgan fingerprint density at radius 1 is 0.656 bits per heavy atom. The summed E-state index contributed by atoms with van der Waals surface area (Å²) in [6.07, 6.45) is 11.9. The number of rotatable bonds is 22. The third-order valence-corrected chi connectivity index (χ3v) is 5.30. The molecule has 0 saturated carbocycles. The van der Waals surface area contributed by atoms with Gasteiger partial charge in [0.2, 0.25) is 5.91 Å². The van der Waals surface area contributed by atoms with Crippen molar-refractivity contribution in [2.45, 2.75) is 78.6 Å². The van der Waals surface area contributed by atoms with Crippen LogP contribution < -0.4 is 5.32 Å². The molecule has 0 fully saturated rings. The molecule has 0 aliphatic rings. The van der Waals surface area contributed by atoms with E-state index >= 15 is 0 Å². The molecule has 0 atom stereocenters. The number of ether oxygens (including phenoxy) is 3. The second kappa shape index (κ2) is 19.7. The number of hydrogen-bond acceptors (Lipinski definition) is 7. The molecule has 0 bridgehead atoms. The number of carbonyl (C=O) groups is 1. The molecule has 192 valence electrons. The third kappa shape index (κ3) is 23.9. The minimum Gasteiger partial charge on any atom is -0.379 e. The van der Waals surface area contributed by atoms with E-state index in [9.17, 15) is 13.2 Å². The van der Waals surface area contributed by atoms with Crippen LogP contribution in [0.15, 0.2) is 0 Å². The predicted octanol–water partition coefficient (Wildman–Crippen LogP) is 3.69. The first kappa shape index (κ1) is 31.3. The smallest absolute Gasteiger partial charge is 0.264 e. The number of hydrogen-bond donors (Lipinski definition) is 1. The Kier molecular flexibility index (Phi) is 19.2. The maximum atomic E-state index is 11.7. The Labute approximate surface area is 196 Å². The Morgan fingerprint density at radius 3 is 1.53 bits per heavy atom. The van der Waals surface area contributed by atoms with E-state index in [-0.39, 0.29) is 24.5 Å². The van der Waals surface area contributed by atoms with Gasteiger partial charge in [0.05, 0.1) is 45.9 Å². The zero-order valence-corrected chi connectivity index (χ0v) is 21.6. The summed E-state index contributed by atoms with van der Waals surface area (Å²) in [6.45, 7) is 9.59. The number of carbonyl (C=O) groups excluding carboxylic acids is 1. The average molecular weight is 482 g/mol. The Bertz CT molecular complexity index is 547. The van der Waals surface area contributed by atoms with Gasteiger partial charge in [-0.15, -0.1) is 0 Å². The molecule has 0 heterocycles. The SMILES string of the molecule is CC(C)(C)C(=O)NCCCCCCCCCCCOCCOCCOCCOS(C)(=O)=O. The van der Waals surface area contributed by atoms with Gasteiger partial charge in [-0.2, -0.15) is 8.42 Å². The lowest BCUT2D eigenvalue weighted by Crippen LogP contribution is -2.35. The average Bonchev–Trinajstić information content (AvgIpc) is 2.70. The maximum Gasteiger partial charge on any atom is 0.264 e. The monoisotopic (exact) mass is 481 g/mol. The molecule has 0 radical (unpaired) electrons. The normalized spacial score (nSPS) is 12.2. The number of amides is 1. The first-order valence-electron chi connectivity index (χ1n) is 12.0. The van der Waals surface area contributed by atoms with Gasteiger partial charge in [0.15, 0.2) is 0 Å². The topological polar surface area (TPSA) is 100 Å². The van der Waals surface area contributed by atoms with Crippen LogP contribution in [0.5, 0.6) is 0 Å². The molecule has 0 unspecified atom stereocenters. The van der Waals surface area contributed by atoms with Gasteiger partial charge in [-0.05, 0) is 12.8 Å². The molecule has 0 aromatic rings. The van der Waals surface area contributed by atoms with Gasteiger partial charge in [-0.3, -0.25) is 8.98 Å². The maximum absolute atomic E-state index is 11.7. The van der Waals surface area contributed by atoms with Gasteiger partial charge >= 0.3 is 0 Å². The highest BCUT2D eigenvalue weighted by Gasteiger charge is 2.19. The van der Waals surface area contributed by atoms with Crippen molar-refractivity contribution in [3.8, 4) is 0 Å². The molecule has 1 N–H and O–H groups in total. The van der Waals surface area contributed by atoms with E-state index in [0.29, 0.717) is 26.4 Å².